The monoisotopic (exact) mass is 292 g/mol. The molecular formula is C14H20N4O3. The summed E-state index contributed by atoms with van der Waals surface area (Å²) < 4.78 is 17.7. The molecule has 1 aromatic carbocycles. The van der Waals surface area contributed by atoms with Crippen LogP contribution in [0.4, 0.5) is 0 Å². The molecule has 0 aliphatic heterocycles. The summed E-state index contributed by atoms with van der Waals surface area (Å²) in [5, 5.41) is 11.0. The van der Waals surface area contributed by atoms with Crippen molar-refractivity contribution >= 4 is 0 Å². The molecule has 0 unspecified atom stereocenters. The van der Waals surface area contributed by atoms with Gasteiger partial charge in [0.1, 0.15) is 5.75 Å². The Morgan fingerprint density at radius 2 is 1.76 bits per heavy atom. The Morgan fingerprint density at radius 3 is 2.38 bits per heavy atom. The molecule has 2 aromatic rings. The Kier molecular flexibility index (Phi) is 5.39. The maximum Gasteiger partial charge on any atom is 0.164 e. The van der Waals surface area contributed by atoms with E-state index < -0.39 is 0 Å². The van der Waals surface area contributed by atoms with Crippen molar-refractivity contribution in [3.8, 4) is 17.2 Å². The minimum Gasteiger partial charge on any atom is -0.496 e. The molecule has 0 fully saturated rings. The average Bonchev–Trinajstić information content (AvgIpc) is 3.04. The maximum atomic E-state index is 5.39. The van der Waals surface area contributed by atoms with Crippen LogP contribution in [0.5, 0.6) is 17.2 Å². The molecule has 7 nitrogen and oxygen atoms in total. The Morgan fingerprint density at radius 1 is 1.05 bits per heavy atom. The zero-order valence-electron chi connectivity index (χ0n) is 12.5. The van der Waals surface area contributed by atoms with Gasteiger partial charge in [-0.3, -0.25) is 4.68 Å². The Balaban J connectivity index is 1.97. The zero-order chi connectivity index (χ0) is 15.1. The summed E-state index contributed by atoms with van der Waals surface area (Å²) in [4.78, 5) is 0. The van der Waals surface area contributed by atoms with E-state index in [4.69, 9.17) is 14.2 Å². The second-order valence-electron chi connectivity index (χ2n) is 4.36. The van der Waals surface area contributed by atoms with Crippen LogP contribution >= 0.6 is 0 Å². The van der Waals surface area contributed by atoms with E-state index in [1.165, 1.54) is 0 Å². The number of benzene rings is 1. The van der Waals surface area contributed by atoms with E-state index in [-0.39, 0.29) is 0 Å². The summed E-state index contributed by atoms with van der Waals surface area (Å²) in [7, 11) is 4.86. The fourth-order valence-electron chi connectivity index (χ4n) is 2.00. The minimum absolute atomic E-state index is 0.653. The third kappa shape index (κ3) is 3.85. The third-order valence-electron chi connectivity index (χ3n) is 3.09. The molecule has 1 heterocycles. The second-order valence-corrected chi connectivity index (χ2v) is 4.36. The highest BCUT2D eigenvalue weighted by Gasteiger charge is 2.11. The summed E-state index contributed by atoms with van der Waals surface area (Å²) >= 11 is 0. The molecule has 0 spiro atoms. The van der Waals surface area contributed by atoms with Crippen LogP contribution in [0.3, 0.4) is 0 Å². The maximum absolute atomic E-state index is 5.39. The van der Waals surface area contributed by atoms with Crippen molar-refractivity contribution in [3.05, 3.63) is 30.1 Å². The standard InChI is InChI=1S/C14H20N4O3/c1-19-12-9-14(21-3)13(20-2)8-11(12)10-15-4-6-18-7-5-16-17-18/h5,7-9,15H,4,6,10H2,1-3H3. The van der Waals surface area contributed by atoms with Crippen molar-refractivity contribution < 1.29 is 14.2 Å². The van der Waals surface area contributed by atoms with E-state index in [0.29, 0.717) is 18.0 Å². The van der Waals surface area contributed by atoms with Crippen molar-refractivity contribution in [2.75, 3.05) is 27.9 Å². The van der Waals surface area contributed by atoms with E-state index in [2.05, 4.69) is 15.6 Å². The van der Waals surface area contributed by atoms with Gasteiger partial charge < -0.3 is 19.5 Å². The van der Waals surface area contributed by atoms with Crippen molar-refractivity contribution in [2.24, 2.45) is 0 Å². The Labute approximate surface area is 123 Å². The van der Waals surface area contributed by atoms with Gasteiger partial charge in [0.2, 0.25) is 0 Å². The summed E-state index contributed by atoms with van der Waals surface area (Å²) in [5.74, 6) is 2.10. The zero-order valence-corrected chi connectivity index (χ0v) is 12.5. The summed E-state index contributed by atoms with van der Waals surface area (Å²) in [5.41, 5.74) is 1.01. The van der Waals surface area contributed by atoms with Crippen molar-refractivity contribution in [1.29, 1.82) is 0 Å². The van der Waals surface area contributed by atoms with Gasteiger partial charge >= 0.3 is 0 Å². The van der Waals surface area contributed by atoms with Crippen LogP contribution in [0.2, 0.25) is 0 Å². The molecule has 1 aromatic heterocycles. The van der Waals surface area contributed by atoms with Gasteiger partial charge in [0.25, 0.3) is 0 Å². The minimum atomic E-state index is 0.653. The molecule has 0 saturated heterocycles. The van der Waals surface area contributed by atoms with Crippen LogP contribution in [0, 0.1) is 0 Å². The van der Waals surface area contributed by atoms with Crippen LogP contribution in [0.15, 0.2) is 24.5 Å². The van der Waals surface area contributed by atoms with E-state index in [0.717, 1.165) is 24.4 Å². The van der Waals surface area contributed by atoms with Gasteiger partial charge in [0.05, 0.1) is 34.1 Å². The number of methoxy groups -OCH3 is 3. The van der Waals surface area contributed by atoms with Gasteiger partial charge in [0, 0.05) is 30.9 Å². The van der Waals surface area contributed by atoms with E-state index in [1.54, 1.807) is 32.2 Å². The number of ether oxygens (including phenoxy) is 3. The van der Waals surface area contributed by atoms with E-state index >= 15 is 0 Å². The molecule has 0 radical (unpaired) electrons. The molecule has 0 amide bonds. The van der Waals surface area contributed by atoms with Crippen LogP contribution in [-0.4, -0.2) is 42.9 Å². The third-order valence-corrected chi connectivity index (χ3v) is 3.09. The second kappa shape index (κ2) is 7.49. The van der Waals surface area contributed by atoms with Gasteiger partial charge in [-0.15, -0.1) is 5.10 Å². The predicted octanol–water partition coefficient (Wildman–Crippen LogP) is 1.09. The van der Waals surface area contributed by atoms with E-state index in [9.17, 15) is 0 Å². The molecule has 0 aliphatic rings. The molecule has 0 aliphatic carbocycles. The fraction of sp³-hybridized carbons (Fsp3) is 0.429. The molecule has 0 atom stereocenters. The van der Waals surface area contributed by atoms with E-state index in [1.807, 2.05) is 18.3 Å². The van der Waals surface area contributed by atoms with Crippen molar-refractivity contribution in [2.45, 2.75) is 13.1 Å². The Hall–Kier alpha value is -2.28. The molecule has 0 bridgehead atoms. The first-order valence-corrected chi connectivity index (χ1v) is 6.62. The molecule has 21 heavy (non-hydrogen) atoms. The van der Waals surface area contributed by atoms with Crippen molar-refractivity contribution in [1.82, 2.24) is 20.3 Å². The van der Waals surface area contributed by atoms with Crippen molar-refractivity contribution in [3.63, 3.8) is 0 Å². The topological polar surface area (TPSA) is 70.4 Å². The normalized spacial score (nSPS) is 10.4. The number of aromatic nitrogens is 3. The molecule has 7 heteroatoms. The number of hydrogen-bond acceptors (Lipinski definition) is 6. The average molecular weight is 292 g/mol. The van der Waals surface area contributed by atoms with Crippen LogP contribution in [0.25, 0.3) is 0 Å². The van der Waals surface area contributed by atoms with Gasteiger partial charge in [-0.2, -0.15) is 0 Å². The van der Waals surface area contributed by atoms with Gasteiger partial charge in [-0.05, 0) is 6.07 Å². The SMILES string of the molecule is COc1cc(OC)c(OC)cc1CNCCn1ccnn1. The molecule has 114 valence electrons. The lowest BCUT2D eigenvalue weighted by Crippen LogP contribution is -2.20. The molecular weight excluding hydrogens is 272 g/mol. The molecule has 2 rings (SSSR count). The lowest BCUT2D eigenvalue weighted by atomic mass is 10.1. The summed E-state index contributed by atoms with van der Waals surface area (Å²) in [6.07, 6.45) is 3.50. The highest BCUT2D eigenvalue weighted by atomic mass is 16.5. The smallest absolute Gasteiger partial charge is 0.164 e. The Bertz CT molecular complexity index is 558. The first-order valence-electron chi connectivity index (χ1n) is 6.62. The number of hydrogen-bond donors (Lipinski definition) is 1. The summed E-state index contributed by atoms with van der Waals surface area (Å²) in [6.45, 7) is 2.20. The first kappa shape index (κ1) is 15.1. The van der Waals surface area contributed by atoms with Gasteiger partial charge in [-0.1, -0.05) is 5.21 Å². The summed E-state index contributed by atoms with van der Waals surface area (Å²) in [6, 6.07) is 3.74. The van der Waals surface area contributed by atoms with Gasteiger partial charge in [0.15, 0.2) is 11.5 Å². The lowest BCUT2D eigenvalue weighted by Gasteiger charge is -2.14. The van der Waals surface area contributed by atoms with Crippen LogP contribution < -0.4 is 19.5 Å². The van der Waals surface area contributed by atoms with Crippen LogP contribution in [-0.2, 0) is 13.1 Å². The highest BCUT2D eigenvalue weighted by molar-refractivity contribution is 5.50. The predicted molar refractivity (Wildman–Crippen MR) is 77.8 cm³/mol. The number of nitrogens with one attached hydrogen (secondary N) is 1. The van der Waals surface area contributed by atoms with Crippen LogP contribution in [0.1, 0.15) is 5.56 Å². The largest absolute Gasteiger partial charge is 0.496 e. The van der Waals surface area contributed by atoms with Gasteiger partial charge in [-0.25, -0.2) is 0 Å². The molecule has 1 N–H and O–H groups in total. The highest BCUT2D eigenvalue weighted by Crippen LogP contribution is 2.34. The fourth-order valence-corrected chi connectivity index (χ4v) is 2.00. The quantitative estimate of drug-likeness (QED) is 0.735. The number of nitrogens with zero attached hydrogens (tertiary/aromatic N) is 3. The first-order chi connectivity index (χ1) is 10.3. The lowest BCUT2D eigenvalue weighted by molar-refractivity contribution is 0.347. The number of rotatable bonds is 8. The molecule has 0 saturated carbocycles.